The molecule has 2 aromatic rings. The summed E-state index contributed by atoms with van der Waals surface area (Å²) in [5, 5.41) is 0. The number of alkyl halides is 3. The summed E-state index contributed by atoms with van der Waals surface area (Å²) in [4.78, 5) is 11.4. The van der Waals surface area contributed by atoms with E-state index in [0.29, 0.717) is 12.8 Å². The van der Waals surface area contributed by atoms with Crippen molar-refractivity contribution in [1.29, 1.82) is 0 Å². The summed E-state index contributed by atoms with van der Waals surface area (Å²) >= 11 is 0. The Morgan fingerprint density at radius 1 is 0.864 bits per heavy atom. The van der Waals surface area contributed by atoms with E-state index in [-0.39, 0.29) is 11.5 Å². The highest BCUT2D eigenvalue weighted by molar-refractivity contribution is 5.83. The third kappa shape index (κ3) is 3.30. The number of ether oxygens (including phenoxy) is 1. The maximum absolute atomic E-state index is 12.1. The van der Waals surface area contributed by atoms with Gasteiger partial charge in [-0.15, -0.1) is 13.2 Å². The molecule has 1 aliphatic carbocycles. The van der Waals surface area contributed by atoms with Gasteiger partial charge < -0.3 is 4.74 Å². The van der Waals surface area contributed by atoms with Gasteiger partial charge in [-0.25, -0.2) is 0 Å². The minimum absolute atomic E-state index is 0.236. The summed E-state index contributed by atoms with van der Waals surface area (Å²) in [5.74, 6) is 0.00806. The van der Waals surface area contributed by atoms with Crippen LogP contribution in [0.5, 0.6) is 5.75 Å². The van der Waals surface area contributed by atoms with Crippen molar-refractivity contribution >= 4 is 5.78 Å². The first kappa shape index (κ1) is 14.6. The molecular weight excluding hydrogens is 293 g/mol. The standard InChI is InChI=1S/C17H13F3O2/c18-17(19,20)22-16-7-4-11(5-8-16)12-1-2-14-10-15(21)6-3-13(14)9-12/h1-2,4-5,7-9H,3,6,10H2. The number of Topliss-reactive ketones (excluding diaryl/α,β-unsaturated/α-hetero) is 1. The number of ketones is 1. The van der Waals surface area contributed by atoms with Gasteiger partial charge in [0, 0.05) is 12.8 Å². The topological polar surface area (TPSA) is 26.3 Å². The van der Waals surface area contributed by atoms with Crippen molar-refractivity contribution in [3.05, 3.63) is 53.6 Å². The number of rotatable bonds is 2. The maximum atomic E-state index is 12.1. The van der Waals surface area contributed by atoms with Gasteiger partial charge in [-0.3, -0.25) is 4.79 Å². The van der Waals surface area contributed by atoms with Crippen LogP contribution < -0.4 is 4.74 Å². The van der Waals surface area contributed by atoms with Crippen LogP contribution in [0.2, 0.25) is 0 Å². The minimum Gasteiger partial charge on any atom is -0.406 e. The van der Waals surface area contributed by atoms with Crippen LogP contribution in [-0.4, -0.2) is 12.1 Å². The van der Waals surface area contributed by atoms with Crippen LogP contribution in [0.15, 0.2) is 42.5 Å². The molecule has 0 amide bonds. The van der Waals surface area contributed by atoms with Crippen molar-refractivity contribution in [3.63, 3.8) is 0 Å². The fourth-order valence-electron chi connectivity index (χ4n) is 2.63. The van der Waals surface area contributed by atoms with Crippen LogP contribution >= 0.6 is 0 Å². The summed E-state index contributed by atoms with van der Waals surface area (Å²) in [5.41, 5.74) is 3.91. The third-order valence-electron chi connectivity index (χ3n) is 3.69. The van der Waals surface area contributed by atoms with E-state index in [9.17, 15) is 18.0 Å². The highest BCUT2D eigenvalue weighted by Gasteiger charge is 2.30. The Hall–Kier alpha value is -2.30. The molecule has 1 aliphatic rings. The molecule has 114 valence electrons. The molecule has 0 atom stereocenters. The SMILES string of the molecule is O=C1CCc2cc(-c3ccc(OC(F)(F)F)cc3)ccc2C1. The lowest BCUT2D eigenvalue weighted by molar-refractivity contribution is -0.274. The van der Waals surface area contributed by atoms with E-state index < -0.39 is 6.36 Å². The van der Waals surface area contributed by atoms with E-state index in [0.717, 1.165) is 28.7 Å². The molecule has 0 N–H and O–H groups in total. The second-order valence-corrected chi connectivity index (χ2v) is 5.27. The first-order valence-corrected chi connectivity index (χ1v) is 6.90. The predicted molar refractivity (Wildman–Crippen MR) is 75.6 cm³/mol. The summed E-state index contributed by atoms with van der Waals surface area (Å²) in [6.45, 7) is 0. The van der Waals surface area contributed by atoms with Crippen molar-refractivity contribution in [3.8, 4) is 16.9 Å². The molecule has 0 aliphatic heterocycles. The first-order valence-electron chi connectivity index (χ1n) is 6.90. The second-order valence-electron chi connectivity index (χ2n) is 5.27. The van der Waals surface area contributed by atoms with E-state index >= 15 is 0 Å². The van der Waals surface area contributed by atoms with Gasteiger partial charge in [0.25, 0.3) is 0 Å². The van der Waals surface area contributed by atoms with Gasteiger partial charge >= 0.3 is 6.36 Å². The Morgan fingerprint density at radius 3 is 2.23 bits per heavy atom. The van der Waals surface area contributed by atoms with Crippen molar-refractivity contribution in [1.82, 2.24) is 0 Å². The lowest BCUT2D eigenvalue weighted by atomic mass is 9.88. The fraction of sp³-hybridized carbons (Fsp3) is 0.235. The molecule has 0 unspecified atom stereocenters. The predicted octanol–water partition coefficient (Wildman–Crippen LogP) is 4.31. The third-order valence-corrected chi connectivity index (χ3v) is 3.69. The summed E-state index contributed by atoms with van der Waals surface area (Å²) in [7, 11) is 0. The number of halogens is 3. The van der Waals surface area contributed by atoms with Crippen LogP contribution in [0.4, 0.5) is 13.2 Å². The normalized spacial score (nSPS) is 14.6. The molecule has 0 bridgehead atoms. The van der Waals surface area contributed by atoms with Crippen LogP contribution in [0, 0.1) is 0 Å². The highest BCUT2D eigenvalue weighted by atomic mass is 19.4. The van der Waals surface area contributed by atoms with E-state index in [1.54, 1.807) is 12.1 Å². The zero-order valence-electron chi connectivity index (χ0n) is 11.6. The van der Waals surface area contributed by atoms with Crippen molar-refractivity contribution in [2.45, 2.75) is 25.6 Å². The molecule has 0 saturated carbocycles. The second kappa shape index (κ2) is 5.48. The molecule has 0 saturated heterocycles. The number of carbonyl (C=O) groups excluding carboxylic acids is 1. The smallest absolute Gasteiger partial charge is 0.406 e. The molecule has 5 heteroatoms. The van der Waals surface area contributed by atoms with Gasteiger partial charge in [0.15, 0.2) is 0 Å². The number of aryl methyl sites for hydroxylation is 1. The zero-order valence-corrected chi connectivity index (χ0v) is 11.6. The molecular formula is C17H13F3O2. The number of hydrogen-bond acceptors (Lipinski definition) is 2. The molecule has 2 nitrogen and oxygen atoms in total. The molecule has 3 rings (SSSR count). The van der Waals surface area contributed by atoms with E-state index in [4.69, 9.17) is 0 Å². The summed E-state index contributed by atoms with van der Waals surface area (Å²) in [6, 6.07) is 11.6. The monoisotopic (exact) mass is 306 g/mol. The Balaban J connectivity index is 1.84. The van der Waals surface area contributed by atoms with Gasteiger partial charge in [-0.2, -0.15) is 0 Å². The average molecular weight is 306 g/mol. The van der Waals surface area contributed by atoms with E-state index in [1.807, 2.05) is 18.2 Å². The van der Waals surface area contributed by atoms with Crippen molar-refractivity contribution in [2.24, 2.45) is 0 Å². The van der Waals surface area contributed by atoms with Crippen molar-refractivity contribution < 1.29 is 22.7 Å². The van der Waals surface area contributed by atoms with Crippen molar-refractivity contribution in [2.75, 3.05) is 0 Å². The molecule has 22 heavy (non-hydrogen) atoms. The van der Waals surface area contributed by atoms with Crippen LogP contribution in [-0.2, 0) is 17.6 Å². The molecule has 0 aromatic heterocycles. The van der Waals surface area contributed by atoms with Gasteiger partial charge in [0.2, 0.25) is 0 Å². The molecule has 0 spiro atoms. The largest absolute Gasteiger partial charge is 0.573 e. The number of benzene rings is 2. The quantitative estimate of drug-likeness (QED) is 0.826. The van der Waals surface area contributed by atoms with Gasteiger partial charge in [0.05, 0.1) is 0 Å². The van der Waals surface area contributed by atoms with Crippen LogP contribution in [0.1, 0.15) is 17.5 Å². The number of hydrogen-bond donors (Lipinski definition) is 0. The Bertz CT molecular complexity index is 703. The lowest BCUT2D eigenvalue weighted by Gasteiger charge is -2.16. The van der Waals surface area contributed by atoms with E-state index in [1.165, 1.54) is 12.1 Å². The number of fused-ring (bicyclic) bond motifs is 1. The highest BCUT2D eigenvalue weighted by Crippen LogP contribution is 2.29. The summed E-state index contributed by atoms with van der Waals surface area (Å²) in [6.07, 6.45) is -2.94. The van der Waals surface area contributed by atoms with Gasteiger partial charge in [-0.1, -0.05) is 30.3 Å². The van der Waals surface area contributed by atoms with Gasteiger partial charge in [-0.05, 0) is 40.8 Å². The maximum Gasteiger partial charge on any atom is 0.573 e. The zero-order chi connectivity index (χ0) is 15.7. The minimum atomic E-state index is -4.68. The Morgan fingerprint density at radius 2 is 1.55 bits per heavy atom. The first-order chi connectivity index (χ1) is 10.4. The molecule has 0 fully saturated rings. The Labute approximate surface area is 125 Å². The molecule has 0 heterocycles. The lowest BCUT2D eigenvalue weighted by Crippen LogP contribution is -2.16. The van der Waals surface area contributed by atoms with E-state index in [2.05, 4.69) is 4.74 Å². The fourth-order valence-corrected chi connectivity index (χ4v) is 2.63. The number of carbonyl (C=O) groups is 1. The van der Waals surface area contributed by atoms with Crippen LogP contribution in [0.3, 0.4) is 0 Å². The van der Waals surface area contributed by atoms with Crippen LogP contribution in [0.25, 0.3) is 11.1 Å². The van der Waals surface area contributed by atoms with Gasteiger partial charge in [0.1, 0.15) is 11.5 Å². The summed E-state index contributed by atoms with van der Waals surface area (Å²) < 4.78 is 40.3. The average Bonchev–Trinajstić information content (AvgIpc) is 2.46. The Kier molecular flexibility index (Phi) is 3.64. The molecule has 0 radical (unpaired) electrons. The molecule has 2 aromatic carbocycles.